The van der Waals surface area contributed by atoms with E-state index in [1.165, 1.54) is 7.11 Å². The quantitative estimate of drug-likeness (QED) is 0.775. The zero-order valence-electron chi connectivity index (χ0n) is 14.0. The molecule has 6 nitrogen and oxygen atoms in total. The van der Waals surface area contributed by atoms with Crippen molar-refractivity contribution in [3.05, 3.63) is 40.7 Å². The zero-order chi connectivity index (χ0) is 16.9. The third-order valence-corrected chi connectivity index (χ3v) is 5.25. The van der Waals surface area contributed by atoms with E-state index in [4.69, 9.17) is 4.74 Å². The van der Waals surface area contributed by atoms with Gasteiger partial charge in [-0.15, -0.1) is 5.10 Å². The van der Waals surface area contributed by atoms with Crippen LogP contribution in [0.5, 0.6) is 0 Å². The normalized spacial score (nSPS) is 19.3. The molecule has 1 saturated heterocycles. The Labute approximate surface area is 146 Å². The SMILES string of the molecule is COC(=O)[C@@H](c1ccsc1)N(C)[C@@H]1CCCN(c2cccnn2)C1. The second kappa shape index (κ2) is 7.72. The summed E-state index contributed by atoms with van der Waals surface area (Å²) in [6.45, 7) is 1.79. The van der Waals surface area contributed by atoms with Crippen LogP contribution in [0.2, 0.25) is 0 Å². The van der Waals surface area contributed by atoms with E-state index in [1.807, 2.05) is 36.0 Å². The molecule has 0 spiro atoms. The predicted molar refractivity (Wildman–Crippen MR) is 94.1 cm³/mol. The van der Waals surface area contributed by atoms with Crippen molar-refractivity contribution in [1.29, 1.82) is 0 Å². The zero-order valence-corrected chi connectivity index (χ0v) is 14.8. The Morgan fingerprint density at radius 3 is 3.04 bits per heavy atom. The number of thiophene rings is 1. The largest absolute Gasteiger partial charge is 0.468 e. The number of anilines is 1. The van der Waals surface area contributed by atoms with E-state index in [0.717, 1.165) is 37.3 Å². The van der Waals surface area contributed by atoms with Gasteiger partial charge < -0.3 is 9.64 Å². The number of carbonyl (C=O) groups excluding carboxylic acids is 1. The summed E-state index contributed by atoms with van der Waals surface area (Å²) in [4.78, 5) is 16.7. The minimum Gasteiger partial charge on any atom is -0.468 e. The Hall–Kier alpha value is -1.99. The Morgan fingerprint density at radius 2 is 2.38 bits per heavy atom. The standard InChI is InChI=1S/C17H22N4O2S/c1-20(16(17(22)23-2)13-7-10-24-12-13)14-5-4-9-21(11-14)15-6-3-8-18-19-15/h3,6-8,10,12,14,16H,4-5,9,11H2,1-2H3/t14-,16-/m1/s1. The topological polar surface area (TPSA) is 58.6 Å². The van der Waals surface area contributed by atoms with Gasteiger partial charge in [0.05, 0.1) is 7.11 Å². The molecule has 3 rings (SSSR count). The molecule has 0 bridgehead atoms. The van der Waals surface area contributed by atoms with E-state index in [2.05, 4.69) is 20.0 Å². The maximum atomic E-state index is 12.4. The van der Waals surface area contributed by atoms with Crippen molar-refractivity contribution >= 4 is 23.1 Å². The minimum atomic E-state index is -0.368. The first-order valence-electron chi connectivity index (χ1n) is 8.05. The van der Waals surface area contributed by atoms with E-state index in [0.29, 0.717) is 0 Å². The number of piperidine rings is 1. The molecule has 24 heavy (non-hydrogen) atoms. The summed E-state index contributed by atoms with van der Waals surface area (Å²) in [6, 6.07) is 5.76. The predicted octanol–water partition coefficient (Wildman–Crippen LogP) is 2.35. The molecule has 7 heteroatoms. The highest BCUT2D eigenvalue weighted by Gasteiger charge is 2.33. The van der Waals surface area contributed by atoms with Gasteiger partial charge in [-0.1, -0.05) is 0 Å². The summed E-state index contributed by atoms with van der Waals surface area (Å²) in [5.41, 5.74) is 0.992. The van der Waals surface area contributed by atoms with Crippen LogP contribution in [0.25, 0.3) is 0 Å². The van der Waals surface area contributed by atoms with Gasteiger partial charge >= 0.3 is 5.97 Å². The minimum absolute atomic E-state index is 0.215. The fourth-order valence-corrected chi connectivity index (χ4v) is 3.93. The Bertz CT molecular complexity index is 650. The molecule has 2 aromatic heterocycles. The molecule has 1 fully saturated rings. The van der Waals surface area contributed by atoms with Crippen LogP contribution in [0.1, 0.15) is 24.4 Å². The van der Waals surface area contributed by atoms with Gasteiger partial charge in [-0.05, 0) is 54.4 Å². The van der Waals surface area contributed by atoms with Crippen LogP contribution < -0.4 is 4.90 Å². The number of hydrogen-bond acceptors (Lipinski definition) is 7. The van der Waals surface area contributed by atoms with Crippen molar-refractivity contribution in [2.24, 2.45) is 0 Å². The smallest absolute Gasteiger partial charge is 0.327 e. The first-order chi connectivity index (χ1) is 11.7. The van der Waals surface area contributed by atoms with Gasteiger partial charge in [0.2, 0.25) is 0 Å². The number of esters is 1. The molecule has 0 N–H and O–H groups in total. The first kappa shape index (κ1) is 16.9. The number of carbonyl (C=O) groups is 1. The summed E-state index contributed by atoms with van der Waals surface area (Å²) < 4.78 is 5.05. The number of ether oxygens (including phenoxy) is 1. The molecule has 0 aromatic carbocycles. The van der Waals surface area contributed by atoms with Crippen molar-refractivity contribution in [1.82, 2.24) is 15.1 Å². The van der Waals surface area contributed by atoms with Crippen LogP contribution in [-0.4, -0.2) is 54.4 Å². The first-order valence-corrected chi connectivity index (χ1v) is 8.99. The number of methoxy groups -OCH3 is 1. The molecule has 0 aliphatic carbocycles. The van der Waals surface area contributed by atoms with E-state index < -0.39 is 0 Å². The molecule has 1 aliphatic rings. The van der Waals surface area contributed by atoms with Crippen molar-refractivity contribution in [3.63, 3.8) is 0 Å². The third kappa shape index (κ3) is 3.57. The number of hydrogen-bond donors (Lipinski definition) is 0. The van der Waals surface area contributed by atoms with E-state index in [1.54, 1.807) is 17.5 Å². The molecule has 0 amide bonds. The van der Waals surface area contributed by atoms with Gasteiger partial charge in [-0.25, -0.2) is 4.79 Å². The summed E-state index contributed by atoms with van der Waals surface area (Å²) in [5, 5.41) is 12.2. The van der Waals surface area contributed by atoms with Crippen molar-refractivity contribution in [3.8, 4) is 0 Å². The van der Waals surface area contributed by atoms with E-state index in [9.17, 15) is 4.79 Å². The van der Waals surface area contributed by atoms with Crippen LogP contribution in [0.3, 0.4) is 0 Å². The summed E-state index contributed by atoms with van der Waals surface area (Å²) in [5.74, 6) is 0.674. The van der Waals surface area contributed by atoms with Gasteiger partial charge in [-0.3, -0.25) is 4.90 Å². The number of aromatic nitrogens is 2. The fraction of sp³-hybridized carbons (Fsp3) is 0.471. The van der Waals surface area contributed by atoms with Crippen LogP contribution in [-0.2, 0) is 9.53 Å². The van der Waals surface area contributed by atoms with E-state index >= 15 is 0 Å². The Morgan fingerprint density at radius 1 is 1.50 bits per heavy atom. The fourth-order valence-electron chi connectivity index (χ4n) is 3.25. The maximum absolute atomic E-state index is 12.4. The van der Waals surface area contributed by atoms with E-state index in [-0.39, 0.29) is 18.1 Å². The Kier molecular flexibility index (Phi) is 5.42. The van der Waals surface area contributed by atoms with Gasteiger partial charge in [0.25, 0.3) is 0 Å². The molecule has 128 valence electrons. The van der Waals surface area contributed by atoms with Crippen LogP contribution in [0.4, 0.5) is 5.82 Å². The molecule has 0 unspecified atom stereocenters. The lowest BCUT2D eigenvalue weighted by atomic mass is 10.0. The van der Waals surface area contributed by atoms with Crippen molar-refractivity contribution in [2.45, 2.75) is 24.9 Å². The highest BCUT2D eigenvalue weighted by Crippen LogP contribution is 2.29. The average molecular weight is 346 g/mol. The molecule has 2 atom stereocenters. The number of rotatable bonds is 5. The Balaban J connectivity index is 1.77. The summed E-state index contributed by atoms with van der Waals surface area (Å²) in [7, 11) is 3.45. The molecular weight excluding hydrogens is 324 g/mol. The number of nitrogens with zero attached hydrogens (tertiary/aromatic N) is 4. The molecule has 2 aromatic rings. The van der Waals surface area contributed by atoms with Gasteiger partial charge in [-0.2, -0.15) is 16.4 Å². The van der Waals surface area contributed by atoms with Crippen LogP contribution in [0.15, 0.2) is 35.2 Å². The summed E-state index contributed by atoms with van der Waals surface area (Å²) >= 11 is 1.59. The average Bonchev–Trinajstić information content (AvgIpc) is 3.16. The van der Waals surface area contributed by atoms with Gasteiger partial charge in [0, 0.05) is 25.3 Å². The molecular formula is C17H22N4O2S. The lowest BCUT2D eigenvalue weighted by Gasteiger charge is -2.40. The maximum Gasteiger partial charge on any atom is 0.327 e. The van der Waals surface area contributed by atoms with Gasteiger partial charge in [0.15, 0.2) is 5.82 Å². The monoisotopic (exact) mass is 346 g/mol. The highest BCUT2D eigenvalue weighted by molar-refractivity contribution is 7.08. The van der Waals surface area contributed by atoms with Gasteiger partial charge in [0.1, 0.15) is 6.04 Å². The number of likely N-dealkylation sites (N-methyl/N-ethyl adjacent to an activating group) is 1. The third-order valence-electron chi connectivity index (χ3n) is 4.55. The molecule has 0 saturated carbocycles. The highest BCUT2D eigenvalue weighted by atomic mass is 32.1. The summed E-state index contributed by atoms with van der Waals surface area (Å²) in [6.07, 6.45) is 3.79. The second-order valence-corrected chi connectivity index (χ2v) is 6.75. The van der Waals surface area contributed by atoms with Crippen molar-refractivity contribution < 1.29 is 9.53 Å². The lowest BCUT2D eigenvalue weighted by molar-refractivity contribution is -0.147. The van der Waals surface area contributed by atoms with Crippen LogP contribution in [0, 0.1) is 0 Å². The molecule has 3 heterocycles. The molecule has 1 aliphatic heterocycles. The second-order valence-electron chi connectivity index (χ2n) is 5.97. The lowest BCUT2D eigenvalue weighted by Crippen LogP contribution is -2.49. The van der Waals surface area contributed by atoms with Crippen LogP contribution >= 0.6 is 11.3 Å². The molecule has 0 radical (unpaired) electrons. The van der Waals surface area contributed by atoms with Crippen molar-refractivity contribution in [2.75, 3.05) is 32.1 Å².